The molecule has 2 amide bonds. The zero-order valence-corrected chi connectivity index (χ0v) is 18.8. The number of nitrogens with zero attached hydrogens (tertiary/aromatic N) is 3. The molecule has 3 N–H and O–H groups in total. The van der Waals surface area contributed by atoms with Crippen molar-refractivity contribution in [3.8, 4) is 0 Å². The van der Waals surface area contributed by atoms with Crippen LogP contribution in [0.4, 0.5) is 23.1 Å². The van der Waals surface area contributed by atoms with E-state index in [-0.39, 0.29) is 29.2 Å². The molecule has 2 aromatic carbocycles. The standard InChI is InChI=1S/C24H22N6O5/c1-13-6-7-16(10-18(13)30(34)35)25-22(32)17-11-19(31)26-21-20(17)23(33)28-24(27-21)29-9-8-14-4-2-3-5-15(14)12-29/h2-7,10,17H,8-9,11-12H2,1H3,(H,25,32)(H2,26,27,28,31,33). The van der Waals surface area contributed by atoms with Crippen molar-refractivity contribution in [3.05, 3.63) is 85.2 Å². The highest BCUT2D eigenvalue weighted by molar-refractivity contribution is 6.04. The number of benzene rings is 2. The Morgan fingerprint density at radius 2 is 1.97 bits per heavy atom. The number of aryl methyl sites for hydroxylation is 1. The van der Waals surface area contributed by atoms with Crippen molar-refractivity contribution in [2.75, 3.05) is 22.1 Å². The van der Waals surface area contributed by atoms with E-state index in [2.05, 4.69) is 26.7 Å². The number of anilines is 3. The molecule has 2 aliphatic rings. The van der Waals surface area contributed by atoms with Gasteiger partial charge in [-0.3, -0.25) is 29.5 Å². The zero-order valence-electron chi connectivity index (χ0n) is 18.8. The molecule has 0 aliphatic carbocycles. The highest BCUT2D eigenvalue weighted by atomic mass is 16.6. The molecule has 1 aromatic heterocycles. The first-order valence-electron chi connectivity index (χ1n) is 11.1. The van der Waals surface area contributed by atoms with Crippen molar-refractivity contribution in [1.82, 2.24) is 9.97 Å². The predicted octanol–water partition coefficient (Wildman–Crippen LogP) is 2.61. The number of fused-ring (bicyclic) bond motifs is 2. The molecule has 0 spiro atoms. The molecule has 1 atom stereocenters. The van der Waals surface area contributed by atoms with E-state index in [1.807, 2.05) is 23.1 Å². The Kier molecular flexibility index (Phi) is 5.51. The molecule has 0 fully saturated rings. The van der Waals surface area contributed by atoms with Crippen LogP contribution < -0.4 is 21.1 Å². The maximum Gasteiger partial charge on any atom is 0.274 e. The van der Waals surface area contributed by atoms with Gasteiger partial charge in [-0.1, -0.05) is 30.3 Å². The van der Waals surface area contributed by atoms with Crippen LogP contribution in [0.15, 0.2) is 47.3 Å². The molecule has 2 aliphatic heterocycles. The van der Waals surface area contributed by atoms with E-state index in [1.54, 1.807) is 6.92 Å². The third kappa shape index (κ3) is 4.23. The molecule has 0 saturated carbocycles. The van der Waals surface area contributed by atoms with E-state index in [0.717, 1.165) is 12.0 Å². The predicted molar refractivity (Wildman–Crippen MR) is 129 cm³/mol. The average molecular weight is 474 g/mol. The fourth-order valence-corrected chi connectivity index (χ4v) is 4.52. The smallest absolute Gasteiger partial charge is 0.274 e. The maximum absolute atomic E-state index is 13.1. The molecule has 11 nitrogen and oxygen atoms in total. The number of nitrogens with one attached hydrogen (secondary N) is 3. The largest absolute Gasteiger partial charge is 0.338 e. The lowest BCUT2D eigenvalue weighted by Gasteiger charge is -2.30. The normalized spacial score (nSPS) is 16.7. The summed E-state index contributed by atoms with van der Waals surface area (Å²) in [6.45, 7) is 2.79. The van der Waals surface area contributed by atoms with E-state index < -0.39 is 28.2 Å². The molecule has 35 heavy (non-hydrogen) atoms. The highest BCUT2D eigenvalue weighted by Gasteiger charge is 2.35. The summed E-state index contributed by atoms with van der Waals surface area (Å²) in [6.07, 6.45) is 0.547. The van der Waals surface area contributed by atoms with Crippen LogP contribution in [-0.2, 0) is 22.6 Å². The summed E-state index contributed by atoms with van der Waals surface area (Å²) in [5, 5.41) is 16.4. The number of nitro benzene ring substituents is 1. The molecule has 0 bridgehead atoms. The van der Waals surface area contributed by atoms with Crippen molar-refractivity contribution in [2.24, 2.45) is 0 Å². The summed E-state index contributed by atoms with van der Waals surface area (Å²) in [6, 6.07) is 12.3. The van der Waals surface area contributed by atoms with Crippen LogP contribution in [0.3, 0.4) is 0 Å². The van der Waals surface area contributed by atoms with Crippen LogP contribution in [0.1, 0.15) is 34.6 Å². The molecule has 0 saturated heterocycles. The van der Waals surface area contributed by atoms with Crippen LogP contribution in [0.2, 0.25) is 0 Å². The van der Waals surface area contributed by atoms with E-state index in [1.165, 1.54) is 23.8 Å². The Labute approximate surface area is 199 Å². The minimum atomic E-state index is -1.09. The lowest BCUT2D eigenvalue weighted by atomic mass is 9.92. The Morgan fingerprint density at radius 3 is 2.74 bits per heavy atom. The minimum absolute atomic E-state index is 0.0499. The third-order valence-corrected chi connectivity index (χ3v) is 6.36. The summed E-state index contributed by atoms with van der Waals surface area (Å²) in [4.78, 5) is 58.4. The summed E-state index contributed by atoms with van der Waals surface area (Å²) in [7, 11) is 0. The van der Waals surface area contributed by atoms with Gasteiger partial charge in [0.2, 0.25) is 17.8 Å². The van der Waals surface area contributed by atoms with Gasteiger partial charge in [0.25, 0.3) is 11.2 Å². The van der Waals surface area contributed by atoms with Gasteiger partial charge in [-0.15, -0.1) is 0 Å². The quantitative estimate of drug-likeness (QED) is 0.388. The minimum Gasteiger partial charge on any atom is -0.338 e. The second kappa shape index (κ2) is 8.67. The molecular formula is C24H22N6O5. The van der Waals surface area contributed by atoms with Crippen LogP contribution in [-0.4, -0.2) is 33.3 Å². The van der Waals surface area contributed by atoms with E-state index in [4.69, 9.17) is 0 Å². The van der Waals surface area contributed by atoms with Gasteiger partial charge in [0.1, 0.15) is 5.82 Å². The number of amides is 2. The molecule has 1 unspecified atom stereocenters. The van der Waals surface area contributed by atoms with Gasteiger partial charge in [-0.25, -0.2) is 0 Å². The van der Waals surface area contributed by atoms with Crippen molar-refractivity contribution in [1.29, 1.82) is 0 Å². The number of aromatic amines is 1. The van der Waals surface area contributed by atoms with Crippen molar-refractivity contribution >= 4 is 35.0 Å². The Hall–Kier alpha value is -4.54. The Balaban J connectivity index is 1.44. The van der Waals surface area contributed by atoms with Crippen molar-refractivity contribution in [3.63, 3.8) is 0 Å². The molecule has 5 rings (SSSR count). The number of aromatic nitrogens is 2. The monoisotopic (exact) mass is 474 g/mol. The Morgan fingerprint density at radius 1 is 1.20 bits per heavy atom. The van der Waals surface area contributed by atoms with Crippen LogP contribution >= 0.6 is 0 Å². The molecule has 3 aromatic rings. The van der Waals surface area contributed by atoms with Gasteiger partial charge in [-0.2, -0.15) is 4.98 Å². The van der Waals surface area contributed by atoms with Crippen LogP contribution in [0.5, 0.6) is 0 Å². The molecular weight excluding hydrogens is 452 g/mol. The first kappa shape index (κ1) is 22.3. The lowest BCUT2D eigenvalue weighted by molar-refractivity contribution is -0.385. The number of rotatable bonds is 4. The van der Waals surface area contributed by atoms with Gasteiger partial charge >= 0.3 is 0 Å². The van der Waals surface area contributed by atoms with Gasteiger partial charge in [0.05, 0.1) is 16.4 Å². The first-order chi connectivity index (χ1) is 16.8. The lowest BCUT2D eigenvalue weighted by Crippen LogP contribution is -2.38. The maximum atomic E-state index is 13.1. The van der Waals surface area contributed by atoms with Crippen molar-refractivity contribution in [2.45, 2.75) is 32.2 Å². The molecule has 3 heterocycles. The first-order valence-corrected chi connectivity index (χ1v) is 11.1. The highest BCUT2D eigenvalue weighted by Crippen LogP contribution is 2.32. The molecule has 0 radical (unpaired) electrons. The van der Waals surface area contributed by atoms with Crippen molar-refractivity contribution < 1.29 is 14.5 Å². The van der Waals surface area contributed by atoms with E-state index in [9.17, 15) is 24.5 Å². The second-order valence-corrected chi connectivity index (χ2v) is 8.64. The number of carbonyl (C=O) groups excluding carboxylic acids is 2. The zero-order chi connectivity index (χ0) is 24.7. The summed E-state index contributed by atoms with van der Waals surface area (Å²) < 4.78 is 0. The topological polar surface area (TPSA) is 150 Å². The van der Waals surface area contributed by atoms with Gasteiger partial charge in [-0.05, 0) is 30.5 Å². The number of carbonyl (C=O) groups is 2. The van der Waals surface area contributed by atoms with Gasteiger partial charge in [0.15, 0.2) is 0 Å². The Bertz CT molecular complexity index is 1430. The number of hydrogen-bond acceptors (Lipinski definition) is 7. The fourth-order valence-electron chi connectivity index (χ4n) is 4.52. The van der Waals surface area contributed by atoms with Gasteiger partial charge < -0.3 is 15.5 Å². The molecule has 178 valence electrons. The summed E-state index contributed by atoms with van der Waals surface area (Å²) in [5.74, 6) is -1.79. The number of hydrogen-bond donors (Lipinski definition) is 3. The summed E-state index contributed by atoms with van der Waals surface area (Å²) in [5.41, 5.74) is 2.43. The van der Waals surface area contributed by atoms with E-state index >= 15 is 0 Å². The third-order valence-electron chi connectivity index (χ3n) is 6.36. The average Bonchev–Trinajstić information content (AvgIpc) is 2.83. The number of nitro groups is 1. The summed E-state index contributed by atoms with van der Waals surface area (Å²) >= 11 is 0. The second-order valence-electron chi connectivity index (χ2n) is 8.64. The molecule has 11 heteroatoms. The van der Waals surface area contributed by atoms with Gasteiger partial charge in [0, 0.05) is 36.8 Å². The number of H-pyrrole nitrogens is 1. The van der Waals surface area contributed by atoms with E-state index in [0.29, 0.717) is 24.6 Å². The fraction of sp³-hybridized carbons (Fsp3) is 0.250. The SMILES string of the molecule is Cc1ccc(NC(=O)C2CC(=O)Nc3nc(N4CCc5ccccc5C4)[nH]c(=O)c32)cc1[N+](=O)[O-]. The van der Waals surface area contributed by atoms with Crippen LogP contribution in [0.25, 0.3) is 0 Å². The van der Waals surface area contributed by atoms with Crippen LogP contribution in [0, 0.1) is 17.0 Å².